The molecule has 2 aromatic rings. The zero-order valence-electron chi connectivity index (χ0n) is 13.9. The van der Waals surface area contributed by atoms with Crippen LogP contribution in [0, 0.1) is 0 Å². The number of carbonyl (C=O) groups is 1. The van der Waals surface area contributed by atoms with Crippen molar-refractivity contribution in [1.82, 2.24) is 4.98 Å². The van der Waals surface area contributed by atoms with E-state index in [2.05, 4.69) is 15.6 Å². The van der Waals surface area contributed by atoms with E-state index >= 15 is 0 Å². The molecule has 0 aliphatic carbocycles. The lowest BCUT2D eigenvalue weighted by atomic mass is 10.2. The monoisotopic (exact) mass is 359 g/mol. The number of pyridine rings is 1. The Morgan fingerprint density at radius 2 is 1.92 bits per heavy atom. The standard InChI is InChI=1S/C19H22ClN3O2/c20-16-7-4-15(5-8-16)6-11-19(25)23-17-9-10-18(22-14-17)21-12-2-1-3-13-24/h4-11,14,24H,1-3,12-13H2,(H,21,22)(H,23,25)/b11-6+. The number of amides is 1. The van der Waals surface area contributed by atoms with Crippen molar-refractivity contribution in [3.8, 4) is 0 Å². The summed E-state index contributed by atoms with van der Waals surface area (Å²) in [6, 6.07) is 10.9. The molecule has 0 aliphatic rings. The Morgan fingerprint density at radius 1 is 1.12 bits per heavy atom. The highest BCUT2D eigenvalue weighted by Crippen LogP contribution is 2.12. The van der Waals surface area contributed by atoms with Gasteiger partial charge in [0.1, 0.15) is 5.82 Å². The minimum absolute atomic E-state index is 0.221. The van der Waals surface area contributed by atoms with E-state index in [0.717, 1.165) is 37.2 Å². The molecule has 0 saturated heterocycles. The number of aromatic nitrogens is 1. The van der Waals surface area contributed by atoms with E-state index < -0.39 is 0 Å². The largest absolute Gasteiger partial charge is 0.396 e. The van der Waals surface area contributed by atoms with Gasteiger partial charge in [-0.25, -0.2) is 4.98 Å². The van der Waals surface area contributed by atoms with Crippen LogP contribution in [-0.2, 0) is 4.79 Å². The maximum Gasteiger partial charge on any atom is 0.248 e. The third-order valence-corrected chi connectivity index (χ3v) is 3.72. The summed E-state index contributed by atoms with van der Waals surface area (Å²) in [5.41, 5.74) is 1.54. The van der Waals surface area contributed by atoms with Gasteiger partial charge in [0.2, 0.25) is 5.91 Å². The summed E-state index contributed by atoms with van der Waals surface area (Å²) in [5, 5.41) is 15.4. The number of aliphatic hydroxyl groups excluding tert-OH is 1. The molecule has 25 heavy (non-hydrogen) atoms. The van der Waals surface area contributed by atoms with Crippen LogP contribution < -0.4 is 10.6 Å². The smallest absolute Gasteiger partial charge is 0.248 e. The van der Waals surface area contributed by atoms with Crippen LogP contribution in [0.4, 0.5) is 11.5 Å². The van der Waals surface area contributed by atoms with Crippen molar-refractivity contribution in [1.29, 1.82) is 0 Å². The number of benzene rings is 1. The van der Waals surface area contributed by atoms with E-state index in [1.165, 1.54) is 6.08 Å². The molecular weight excluding hydrogens is 338 g/mol. The molecule has 5 nitrogen and oxygen atoms in total. The molecule has 3 N–H and O–H groups in total. The van der Waals surface area contributed by atoms with Crippen molar-refractivity contribution in [3.63, 3.8) is 0 Å². The number of nitrogens with zero attached hydrogens (tertiary/aromatic N) is 1. The Hall–Kier alpha value is -2.37. The Balaban J connectivity index is 1.78. The van der Waals surface area contributed by atoms with Crippen molar-refractivity contribution < 1.29 is 9.90 Å². The van der Waals surface area contributed by atoms with Gasteiger partial charge in [0.25, 0.3) is 0 Å². The van der Waals surface area contributed by atoms with Gasteiger partial charge in [0.05, 0.1) is 11.9 Å². The van der Waals surface area contributed by atoms with Gasteiger partial charge in [-0.1, -0.05) is 23.7 Å². The van der Waals surface area contributed by atoms with Gasteiger partial charge < -0.3 is 15.7 Å². The van der Waals surface area contributed by atoms with Crippen molar-refractivity contribution in [2.45, 2.75) is 19.3 Å². The first kappa shape index (κ1) is 19.0. The summed E-state index contributed by atoms with van der Waals surface area (Å²) in [6.45, 7) is 1.04. The highest BCUT2D eigenvalue weighted by atomic mass is 35.5. The fourth-order valence-corrected chi connectivity index (χ4v) is 2.26. The number of aliphatic hydroxyl groups is 1. The van der Waals surface area contributed by atoms with Crippen LogP contribution in [0.2, 0.25) is 5.02 Å². The first-order valence-corrected chi connectivity index (χ1v) is 8.60. The molecule has 1 heterocycles. The van der Waals surface area contributed by atoms with Crippen LogP contribution in [0.25, 0.3) is 6.08 Å². The minimum atomic E-state index is -0.221. The Bertz CT molecular complexity index is 685. The lowest BCUT2D eigenvalue weighted by molar-refractivity contribution is -0.111. The average molecular weight is 360 g/mol. The molecule has 1 aromatic heterocycles. The van der Waals surface area contributed by atoms with Crippen LogP contribution in [0.15, 0.2) is 48.7 Å². The van der Waals surface area contributed by atoms with E-state index in [1.54, 1.807) is 30.5 Å². The summed E-state index contributed by atoms with van der Waals surface area (Å²) >= 11 is 5.82. The molecular formula is C19H22ClN3O2. The maximum atomic E-state index is 11.9. The van der Waals surface area contributed by atoms with Gasteiger partial charge in [-0.2, -0.15) is 0 Å². The second-order valence-electron chi connectivity index (χ2n) is 5.52. The van der Waals surface area contributed by atoms with E-state index in [1.807, 2.05) is 18.2 Å². The van der Waals surface area contributed by atoms with Gasteiger partial charge in [-0.15, -0.1) is 0 Å². The summed E-state index contributed by atoms with van der Waals surface area (Å²) in [7, 11) is 0. The Morgan fingerprint density at radius 3 is 2.60 bits per heavy atom. The minimum Gasteiger partial charge on any atom is -0.396 e. The molecule has 0 spiro atoms. The summed E-state index contributed by atoms with van der Waals surface area (Å²) in [5.74, 6) is 0.542. The zero-order valence-corrected chi connectivity index (χ0v) is 14.7. The van der Waals surface area contributed by atoms with Crippen LogP contribution in [0.3, 0.4) is 0 Å². The van der Waals surface area contributed by atoms with Gasteiger partial charge in [-0.05, 0) is 55.2 Å². The molecule has 6 heteroatoms. The highest BCUT2D eigenvalue weighted by Gasteiger charge is 2.00. The quantitative estimate of drug-likeness (QED) is 0.468. The lowest BCUT2D eigenvalue weighted by Crippen LogP contribution is -2.09. The van der Waals surface area contributed by atoms with Crippen LogP contribution >= 0.6 is 11.6 Å². The number of unbranched alkanes of at least 4 members (excludes halogenated alkanes) is 2. The van der Waals surface area contributed by atoms with E-state index in [4.69, 9.17) is 16.7 Å². The highest BCUT2D eigenvalue weighted by molar-refractivity contribution is 6.30. The summed E-state index contributed by atoms with van der Waals surface area (Å²) in [4.78, 5) is 16.2. The number of hydrogen-bond acceptors (Lipinski definition) is 4. The van der Waals surface area contributed by atoms with Crippen molar-refractivity contribution in [3.05, 3.63) is 59.3 Å². The summed E-state index contributed by atoms with van der Waals surface area (Å²) < 4.78 is 0. The molecule has 0 bridgehead atoms. The number of hydrogen-bond donors (Lipinski definition) is 3. The maximum absolute atomic E-state index is 11.9. The fraction of sp³-hybridized carbons (Fsp3) is 0.263. The number of halogens is 1. The molecule has 0 unspecified atom stereocenters. The van der Waals surface area contributed by atoms with E-state index in [9.17, 15) is 4.79 Å². The van der Waals surface area contributed by atoms with Crippen molar-refractivity contribution >= 4 is 35.1 Å². The van der Waals surface area contributed by atoms with Crippen LogP contribution in [0.1, 0.15) is 24.8 Å². The molecule has 0 radical (unpaired) electrons. The molecule has 0 atom stereocenters. The van der Waals surface area contributed by atoms with Crippen LogP contribution in [0.5, 0.6) is 0 Å². The lowest BCUT2D eigenvalue weighted by Gasteiger charge is -2.06. The Labute approximate surface area is 152 Å². The molecule has 1 aromatic carbocycles. The number of rotatable bonds is 9. The van der Waals surface area contributed by atoms with E-state index in [-0.39, 0.29) is 12.5 Å². The second-order valence-corrected chi connectivity index (χ2v) is 5.95. The molecule has 2 rings (SSSR count). The topological polar surface area (TPSA) is 74.2 Å². The van der Waals surface area contributed by atoms with Gasteiger partial charge in [0, 0.05) is 24.3 Å². The molecule has 132 valence electrons. The normalized spacial score (nSPS) is 10.8. The number of carbonyl (C=O) groups excluding carboxylic acids is 1. The molecule has 0 aliphatic heterocycles. The Kier molecular flexibility index (Phi) is 7.95. The van der Waals surface area contributed by atoms with Gasteiger partial charge >= 0.3 is 0 Å². The zero-order chi connectivity index (χ0) is 17.9. The molecule has 0 fully saturated rings. The van der Waals surface area contributed by atoms with Crippen molar-refractivity contribution in [2.24, 2.45) is 0 Å². The molecule has 0 saturated carbocycles. The molecule has 1 amide bonds. The second kappa shape index (κ2) is 10.5. The summed E-state index contributed by atoms with van der Waals surface area (Å²) in [6.07, 6.45) is 7.60. The van der Waals surface area contributed by atoms with Gasteiger partial charge in [0.15, 0.2) is 0 Å². The third-order valence-electron chi connectivity index (χ3n) is 3.47. The SMILES string of the molecule is O=C(/C=C/c1ccc(Cl)cc1)Nc1ccc(NCCCCCO)nc1. The average Bonchev–Trinajstić information content (AvgIpc) is 2.62. The number of nitrogens with one attached hydrogen (secondary N) is 2. The van der Waals surface area contributed by atoms with Gasteiger partial charge in [-0.3, -0.25) is 4.79 Å². The predicted molar refractivity (Wildman–Crippen MR) is 103 cm³/mol. The predicted octanol–water partition coefficient (Wildman–Crippen LogP) is 3.96. The first-order valence-electron chi connectivity index (χ1n) is 8.23. The van der Waals surface area contributed by atoms with E-state index in [0.29, 0.717) is 10.7 Å². The third kappa shape index (κ3) is 7.37. The first-order chi connectivity index (χ1) is 12.2. The van der Waals surface area contributed by atoms with Crippen molar-refractivity contribution in [2.75, 3.05) is 23.8 Å². The number of anilines is 2. The fourth-order valence-electron chi connectivity index (χ4n) is 2.13. The van der Waals surface area contributed by atoms with Crippen LogP contribution in [-0.4, -0.2) is 29.1 Å².